The molecule has 0 unspecified atom stereocenters. The smallest absolute Gasteiger partial charge is 0.129 e. The summed E-state index contributed by atoms with van der Waals surface area (Å²) >= 11 is 5.75. The summed E-state index contributed by atoms with van der Waals surface area (Å²) in [5.74, 6) is -0.293. The van der Waals surface area contributed by atoms with Crippen molar-refractivity contribution in [2.75, 3.05) is 25.0 Å². The summed E-state index contributed by atoms with van der Waals surface area (Å²) in [7, 11) is 0. The van der Waals surface area contributed by atoms with E-state index in [-0.39, 0.29) is 11.9 Å². The van der Waals surface area contributed by atoms with Gasteiger partial charge in [0.05, 0.1) is 12.7 Å². The number of halogens is 2. The van der Waals surface area contributed by atoms with E-state index in [1.807, 2.05) is 24.3 Å². The lowest BCUT2D eigenvalue weighted by atomic mass is 10.1. The minimum Gasteiger partial charge on any atom is -0.381 e. The van der Waals surface area contributed by atoms with E-state index in [1.165, 1.54) is 6.07 Å². The van der Waals surface area contributed by atoms with Gasteiger partial charge in [0.15, 0.2) is 0 Å². The molecule has 1 fully saturated rings. The molecule has 5 heteroatoms. The van der Waals surface area contributed by atoms with Crippen molar-refractivity contribution in [3.63, 3.8) is 0 Å². The molecule has 1 atom stereocenters. The van der Waals surface area contributed by atoms with Gasteiger partial charge in [-0.25, -0.2) is 4.39 Å². The van der Waals surface area contributed by atoms with E-state index in [4.69, 9.17) is 16.3 Å². The lowest BCUT2D eigenvalue weighted by molar-refractivity contribution is 0.0277. The topological polar surface area (TPSA) is 33.3 Å². The number of hydrogen-bond donors (Lipinski definition) is 2. The van der Waals surface area contributed by atoms with Crippen LogP contribution in [0.15, 0.2) is 42.5 Å². The number of benzene rings is 2. The molecule has 0 radical (unpaired) electrons. The van der Waals surface area contributed by atoms with Crippen LogP contribution < -0.4 is 10.6 Å². The van der Waals surface area contributed by atoms with Crippen LogP contribution in [-0.2, 0) is 11.3 Å². The Morgan fingerprint density at radius 1 is 1.23 bits per heavy atom. The monoisotopic (exact) mass is 320 g/mol. The van der Waals surface area contributed by atoms with Gasteiger partial charge in [0.25, 0.3) is 0 Å². The Bertz CT molecular complexity index is 627. The SMILES string of the molecule is Fc1cc(Cl)ccc1CNc1ccc([C@H]2CNCCO2)cc1. The minimum atomic E-state index is -0.293. The molecule has 0 aromatic heterocycles. The molecular formula is C17H18ClFN2O. The summed E-state index contributed by atoms with van der Waals surface area (Å²) in [6.07, 6.45) is 0.108. The van der Waals surface area contributed by atoms with Gasteiger partial charge in [-0.05, 0) is 29.8 Å². The number of morpholine rings is 1. The molecule has 0 aliphatic carbocycles. The highest BCUT2D eigenvalue weighted by Crippen LogP contribution is 2.21. The van der Waals surface area contributed by atoms with Crippen LogP contribution >= 0.6 is 11.6 Å². The second-order valence-corrected chi connectivity index (χ2v) is 5.71. The maximum Gasteiger partial charge on any atom is 0.129 e. The molecule has 2 aromatic rings. The van der Waals surface area contributed by atoms with Gasteiger partial charge in [0, 0.05) is 35.9 Å². The van der Waals surface area contributed by atoms with Gasteiger partial charge < -0.3 is 15.4 Å². The number of rotatable bonds is 4. The van der Waals surface area contributed by atoms with Gasteiger partial charge in [-0.3, -0.25) is 0 Å². The van der Waals surface area contributed by atoms with E-state index in [2.05, 4.69) is 10.6 Å². The third-order valence-corrected chi connectivity index (χ3v) is 3.94. The predicted octanol–water partition coefficient (Wildman–Crippen LogP) is 3.75. The van der Waals surface area contributed by atoms with Crippen LogP contribution in [0.2, 0.25) is 5.02 Å². The van der Waals surface area contributed by atoms with Crippen LogP contribution in [-0.4, -0.2) is 19.7 Å². The Kier molecular flexibility index (Phi) is 4.93. The van der Waals surface area contributed by atoms with Gasteiger partial charge >= 0.3 is 0 Å². The molecule has 22 heavy (non-hydrogen) atoms. The van der Waals surface area contributed by atoms with Gasteiger partial charge in [0.2, 0.25) is 0 Å². The highest BCUT2D eigenvalue weighted by Gasteiger charge is 2.15. The summed E-state index contributed by atoms with van der Waals surface area (Å²) < 4.78 is 19.4. The molecule has 1 heterocycles. The van der Waals surface area contributed by atoms with Gasteiger partial charge in [0.1, 0.15) is 5.82 Å². The lowest BCUT2D eigenvalue weighted by Crippen LogP contribution is -2.33. The minimum absolute atomic E-state index is 0.108. The van der Waals surface area contributed by atoms with Crippen molar-refractivity contribution in [2.45, 2.75) is 12.6 Å². The fourth-order valence-electron chi connectivity index (χ4n) is 2.46. The average Bonchev–Trinajstić information content (AvgIpc) is 2.55. The average molecular weight is 321 g/mol. The first-order valence-corrected chi connectivity index (χ1v) is 7.70. The molecular weight excluding hydrogens is 303 g/mol. The fraction of sp³-hybridized carbons (Fsp3) is 0.294. The Labute approximate surface area is 134 Å². The number of anilines is 1. The molecule has 3 rings (SSSR count). The standard InChI is InChI=1S/C17H18ClFN2O/c18-14-4-1-13(16(19)9-14)10-21-15-5-2-12(3-6-15)17-11-20-7-8-22-17/h1-6,9,17,20-21H,7-8,10-11H2/t17-/m1/s1. The number of ether oxygens (including phenoxy) is 1. The van der Waals surface area contributed by atoms with Gasteiger partial charge in [-0.15, -0.1) is 0 Å². The zero-order chi connectivity index (χ0) is 15.4. The molecule has 1 aliphatic rings. The van der Waals surface area contributed by atoms with Crippen LogP contribution in [0.5, 0.6) is 0 Å². The van der Waals surface area contributed by atoms with Crippen LogP contribution in [0.3, 0.4) is 0 Å². The first-order valence-electron chi connectivity index (χ1n) is 7.32. The van der Waals surface area contributed by atoms with E-state index in [0.29, 0.717) is 17.1 Å². The molecule has 0 bridgehead atoms. The third-order valence-electron chi connectivity index (χ3n) is 3.71. The van der Waals surface area contributed by atoms with E-state index in [9.17, 15) is 4.39 Å². The van der Waals surface area contributed by atoms with Crippen LogP contribution in [0, 0.1) is 5.82 Å². The maximum absolute atomic E-state index is 13.7. The first-order chi connectivity index (χ1) is 10.7. The lowest BCUT2D eigenvalue weighted by Gasteiger charge is -2.24. The highest BCUT2D eigenvalue weighted by molar-refractivity contribution is 6.30. The summed E-state index contributed by atoms with van der Waals surface area (Å²) in [5, 5.41) is 6.93. The molecule has 0 spiro atoms. The quantitative estimate of drug-likeness (QED) is 0.900. The molecule has 0 amide bonds. The third kappa shape index (κ3) is 3.77. The molecule has 2 aromatic carbocycles. The largest absolute Gasteiger partial charge is 0.381 e. The van der Waals surface area contributed by atoms with E-state index >= 15 is 0 Å². The van der Waals surface area contributed by atoms with E-state index in [0.717, 1.165) is 30.9 Å². The van der Waals surface area contributed by atoms with Crippen molar-refractivity contribution in [2.24, 2.45) is 0 Å². The second-order valence-electron chi connectivity index (χ2n) is 5.27. The van der Waals surface area contributed by atoms with Crippen LogP contribution in [0.4, 0.5) is 10.1 Å². The van der Waals surface area contributed by atoms with Crippen molar-refractivity contribution in [3.05, 3.63) is 64.4 Å². The molecule has 0 saturated carbocycles. The Morgan fingerprint density at radius 3 is 2.73 bits per heavy atom. The fourth-order valence-corrected chi connectivity index (χ4v) is 2.62. The van der Waals surface area contributed by atoms with E-state index in [1.54, 1.807) is 12.1 Å². The highest BCUT2D eigenvalue weighted by atomic mass is 35.5. The van der Waals surface area contributed by atoms with Crippen LogP contribution in [0.25, 0.3) is 0 Å². The van der Waals surface area contributed by atoms with Crippen molar-refractivity contribution in [1.82, 2.24) is 5.32 Å². The zero-order valence-electron chi connectivity index (χ0n) is 12.1. The summed E-state index contributed by atoms with van der Waals surface area (Å²) in [6, 6.07) is 12.8. The zero-order valence-corrected chi connectivity index (χ0v) is 12.9. The predicted molar refractivity (Wildman–Crippen MR) is 86.7 cm³/mol. The molecule has 2 N–H and O–H groups in total. The van der Waals surface area contributed by atoms with Crippen molar-refractivity contribution < 1.29 is 9.13 Å². The Balaban J connectivity index is 1.61. The Morgan fingerprint density at radius 2 is 2.05 bits per heavy atom. The second kappa shape index (κ2) is 7.09. The Hall–Kier alpha value is -1.62. The van der Waals surface area contributed by atoms with Crippen LogP contribution in [0.1, 0.15) is 17.2 Å². The number of nitrogens with one attached hydrogen (secondary N) is 2. The van der Waals surface area contributed by atoms with E-state index < -0.39 is 0 Å². The number of hydrogen-bond acceptors (Lipinski definition) is 3. The molecule has 1 saturated heterocycles. The molecule has 116 valence electrons. The van der Waals surface area contributed by atoms with Crippen molar-refractivity contribution in [1.29, 1.82) is 0 Å². The van der Waals surface area contributed by atoms with Gasteiger partial charge in [-0.1, -0.05) is 29.8 Å². The normalized spacial score (nSPS) is 18.2. The van der Waals surface area contributed by atoms with Crippen molar-refractivity contribution in [3.8, 4) is 0 Å². The first kappa shape index (κ1) is 15.3. The molecule has 3 nitrogen and oxygen atoms in total. The summed E-state index contributed by atoms with van der Waals surface area (Å²) in [5.41, 5.74) is 2.69. The maximum atomic E-state index is 13.7. The summed E-state index contributed by atoms with van der Waals surface area (Å²) in [4.78, 5) is 0. The summed E-state index contributed by atoms with van der Waals surface area (Å²) in [6.45, 7) is 2.90. The van der Waals surface area contributed by atoms with Crippen molar-refractivity contribution >= 4 is 17.3 Å². The van der Waals surface area contributed by atoms with Gasteiger partial charge in [-0.2, -0.15) is 0 Å². The molecule has 1 aliphatic heterocycles.